The highest BCUT2D eigenvalue weighted by Crippen LogP contribution is 2.55. The average Bonchev–Trinajstić information content (AvgIpc) is 2.59. The summed E-state index contributed by atoms with van der Waals surface area (Å²) in [5, 5.41) is 3.38. The van der Waals surface area contributed by atoms with E-state index in [0.29, 0.717) is 5.37 Å². The number of hydrogen-bond acceptors (Lipinski definition) is 2. The standard InChI is InChI=1S/C21H45N2OPS/c1-10-20(6,11-2)17-21(7,25(12-3)13-4)19(24)22-15-14-16-23(8,9)18(5)26/h18H,10-17H2,1-9H3,(H-,22,24,26)/p+1. The minimum atomic E-state index is -0.299. The van der Waals surface area contributed by atoms with Gasteiger partial charge < -0.3 is 9.80 Å². The summed E-state index contributed by atoms with van der Waals surface area (Å²) < 4.78 is 0.872. The molecule has 0 aliphatic rings. The molecule has 0 aliphatic carbocycles. The average molecular weight is 406 g/mol. The third-order valence-corrected chi connectivity index (χ3v) is 10.5. The molecule has 2 atom stereocenters. The van der Waals surface area contributed by atoms with Crippen molar-refractivity contribution in [2.75, 3.05) is 39.5 Å². The summed E-state index contributed by atoms with van der Waals surface area (Å²) in [7, 11) is 4.10. The molecule has 0 saturated carbocycles. The van der Waals surface area contributed by atoms with E-state index in [4.69, 9.17) is 0 Å². The molecule has 0 aromatic heterocycles. The molecule has 1 amide bonds. The highest BCUT2D eigenvalue weighted by atomic mass is 32.1. The van der Waals surface area contributed by atoms with Gasteiger partial charge in [0.05, 0.1) is 25.8 Å². The molecule has 0 bridgehead atoms. The number of nitrogens with zero attached hydrogens (tertiary/aromatic N) is 1. The van der Waals surface area contributed by atoms with Gasteiger partial charge in [-0.3, -0.25) is 4.79 Å². The van der Waals surface area contributed by atoms with Gasteiger partial charge in [-0.15, -0.1) is 12.6 Å². The lowest BCUT2D eigenvalue weighted by Gasteiger charge is -2.42. The molecule has 156 valence electrons. The summed E-state index contributed by atoms with van der Waals surface area (Å²) in [6.45, 7) is 17.5. The summed E-state index contributed by atoms with van der Waals surface area (Å²) in [6, 6.07) is 0. The van der Waals surface area contributed by atoms with Crippen LogP contribution in [-0.2, 0) is 4.79 Å². The largest absolute Gasteiger partial charge is 0.355 e. The maximum Gasteiger partial charge on any atom is 0.230 e. The van der Waals surface area contributed by atoms with E-state index in [1.54, 1.807) is 0 Å². The SMILES string of the molecule is CCP(CC)C(C)(CC(C)(CC)CC)C(=O)NCCC[N+](C)(C)C(C)S. The number of thiol groups is 1. The fourth-order valence-corrected chi connectivity index (χ4v) is 6.58. The van der Waals surface area contributed by atoms with Crippen molar-refractivity contribution in [2.45, 2.75) is 84.7 Å². The van der Waals surface area contributed by atoms with Crippen molar-refractivity contribution in [2.24, 2.45) is 5.41 Å². The Morgan fingerprint density at radius 2 is 1.62 bits per heavy atom. The first kappa shape index (κ1) is 26.2. The van der Waals surface area contributed by atoms with Crippen LogP contribution < -0.4 is 5.32 Å². The summed E-state index contributed by atoms with van der Waals surface area (Å²) in [6.07, 6.45) is 6.51. The van der Waals surface area contributed by atoms with Crippen LogP contribution >= 0.6 is 20.6 Å². The number of carbonyl (C=O) groups excluding carboxylic acids is 1. The highest BCUT2D eigenvalue weighted by molar-refractivity contribution is 7.80. The van der Waals surface area contributed by atoms with Crippen LogP contribution in [0.5, 0.6) is 0 Å². The number of carbonyl (C=O) groups is 1. The van der Waals surface area contributed by atoms with E-state index in [1.165, 1.54) is 0 Å². The minimum absolute atomic E-state index is 0.221. The number of hydrogen-bond donors (Lipinski definition) is 2. The molecule has 0 aliphatic heterocycles. The van der Waals surface area contributed by atoms with Crippen molar-refractivity contribution in [1.29, 1.82) is 0 Å². The van der Waals surface area contributed by atoms with Crippen LogP contribution in [0.2, 0.25) is 0 Å². The van der Waals surface area contributed by atoms with E-state index in [1.807, 2.05) is 0 Å². The predicted octanol–water partition coefficient (Wildman–Crippen LogP) is 5.34. The Bertz CT molecular complexity index is 420. The van der Waals surface area contributed by atoms with E-state index in [2.05, 4.69) is 80.5 Å². The molecule has 0 aromatic rings. The molecule has 0 heterocycles. The summed E-state index contributed by atoms with van der Waals surface area (Å²) >= 11 is 4.58. The van der Waals surface area contributed by atoms with E-state index < -0.39 is 0 Å². The van der Waals surface area contributed by atoms with Gasteiger partial charge in [0, 0.05) is 13.0 Å². The van der Waals surface area contributed by atoms with E-state index in [9.17, 15) is 4.79 Å². The minimum Gasteiger partial charge on any atom is -0.355 e. The fraction of sp³-hybridized carbons (Fsp3) is 0.952. The van der Waals surface area contributed by atoms with Gasteiger partial charge in [0.1, 0.15) is 5.37 Å². The monoisotopic (exact) mass is 405 g/mol. The Balaban J connectivity index is 5.08. The smallest absolute Gasteiger partial charge is 0.230 e. The van der Waals surface area contributed by atoms with Crippen molar-refractivity contribution in [1.82, 2.24) is 5.32 Å². The summed E-state index contributed by atoms with van der Waals surface area (Å²) in [5.74, 6) is 0.282. The number of nitrogens with one attached hydrogen (secondary N) is 1. The van der Waals surface area contributed by atoms with Crippen molar-refractivity contribution in [3.05, 3.63) is 0 Å². The Morgan fingerprint density at radius 3 is 2.00 bits per heavy atom. The first-order chi connectivity index (χ1) is 11.9. The first-order valence-corrected chi connectivity index (χ1v) is 12.7. The molecular weight excluding hydrogens is 359 g/mol. The predicted molar refractivity (Wildman–Crippen MR) is 123 cm³/mol. The molecule has 0 aromatic carbocycles. The fourth-order valence-electron chi connectivity index (χ4n) is 3.65. The van der Waals surface area contributed by atoms with Crippen LogP contribution in [0.25, 0.3) is 0 Å². The molecule has 3 nitrogen and oxygen atoms in total. The molecular formula is C21H46N2OPS+. The third kappa shape index (κ3) is 7.32. The molecule has 0 spiro atoms. The number of quaternary nitrogens is 1. The third-order valence-electron chi connectivity index (χ3n) is 6.64. The quantitative estimate of drug-likeness (QED) is 0.140. The Kier molecular flexibility index (Phi) is 11.4. The molecule has 5 heteroatoms. The van der Waals surface area contributed by atoms with Crippen LogP contribution in [0.3, 0.4) is 0 Å². The second-order valence-electron chi connectivity index (χ2n) is 8.88. The van der Waals surface area contributed by atoms with E-state index in [-0.39, 0.29) is 24.4 Å². The molecule has 0 radical (unpaired) electrons. The zero-order chi connectivity index (χ0) is 20.6. The normalized spacial score (nSPS) is 16.4. The van der Waals surface area contributed by atoms with Crippen molar-refractivity contribution >= 4 is 26.5 Å². The van der Waals surface area contributed by atoms with Gasteiger partial charge in [-0.2, -0.15) is 0 Å². The molecule has 2 unspecified atom stereocenters. The highest BCUT2D eigenvalue weighted by Gasteiger charge is 2.43. The molecule has 26 heavy (non-hydrogen) atoms. The second kappa shape index (κ2) is 11.3. The van der Waals surface area contributed by atoms with Gasteiger partial charge in [0.15, 0.2) is 0 Å². The van der Waals surface area contributed by atoms with Crippen LogP contribution in [0.4, 0.5) is 0 Å². The van der Waals surface area contributed by atoms with Crippen LogP contribution in [0.1, 0.15) is 74.1 Å². The maximum atomic E-state index is 13.3. The van der Waals surface area contributed by atoms with Gasteiger partial charge in [0.25, 0.3) is 0 Å². The first-order valence-electron chi connectivity index (χ1n) is 10.5. The van der Waals surface area contributed by atoms with Gasteiger partial charge in [0.2, 0.25) is 5.91 Å². The van der Waals surface area contributed by atoms with Crippen molar-refractivity contribution in [3.8, 4) is 0 Å². The van der Waals surface area contributed by atoms with E-state index in [0.717, 1.165) is 55.6 Å². The lowest BCUT2D eigenvalue weighted by Crippen LogP contribution is -2.49. The molecule has 0 rings (SSSR count). The van der Waals surface area contributed by atoms with E-state index >= 15 is 0 Å². The maximum absolute atomic E-state index is 13.3. The van der Waals surface area contributed by atoms with Gasteiger partial charge in [-0.1, -0.05) is 55.4 Å². The number of rotatable bonds is 13. The Morgan fingerprint density at radius 1 is 1.12 bits per heavy atom. The van der Waals surface area contributed by atoms with Crippen molar-refractivity contribution < 1.29 is 9.28 Å². The molecule has 0 fully saturated rings. The second-order valence-corrected chi connectivity index (χ2v) is 13.0. The zero-order valence-electron chi connectivity index (χ0n) is 19.0. The van der Waals surface area contributed by atoms with Gasteiger partial charge in [-0.25, -0.2) is 0 Å². The van der Waals surface area contributed by atoms with Gasteiger partial charge >= 0.3 is 0 Å². The Hall–Kier alpha value is 0.210. The molecule has 0 saturated heterocycles. The van der Waals surface area contributed by atoms with Crippen LogP contribution in [-0.4, -0.2) is 60.4 Å². The van der Waals surface area contributed by atoms with Crippen LogP contribution in [0, 0.1) is 5.41 Å². The van der Waals surface area contributed by atoms with Gasteiger partial charge in [-0.05, 0) is 38.0 Å². The van der Waals surface area contributed by atoms with Crippen molar-refractivity contribution in [3.63, 3.8) is 0 Å². The summed E-state index contributed by atoms with van der Waals surface area (Å²) in [4.78, 5) is 13.3. The topological polar surface area (TPSA) is 29.1 Å². The zero-order valence-corrected chi connectivity index (χ0v) is 20.8. The Labute approximate surface area is 170 Å². The number of amides is 1. The summed E-state index contributed by atoms with van der Waals surface area (Å²) in [5.41, 5.74) is 0.247. The molecule has 1 N–H and O–H groups in total. The van der Waals surface area contributed by atoms with Crippen LogP contribution in [0.15, 0.2) is 0 Å². The lowest BCUT2D eigenvalue weighted by atomic mass is 9.76. The lowest BCUT2D eigenvalue weighted by molar-refractivity contribution is -0.898.